The van der Waals surface area contributed by atoms with Gasteiger partial charge in [0.15, 0.2) is 0 Å². The smallest absolute Gasteiger partial charge is 0.0553 e. The molecule has 1 aliphatic rings. The monoisotopic (exact) mass is 233 g/mol. The Morgan fingerprint density at radius 3 is 2.47 bits per heavy atom. The molecule has 0 aromatic heterocycles. The fourth-order valence-corrected chi connectivity index (χ4v) is 2.77. The first-order valence-electron chi connectivity index (χ1n) is 6.37. The number of benzene rings is 1. The molecular weight excluding hydrogens is 210 g/mol. The van der Waals surface area contributed by atoms with Crippen LogP contribution in [-0.2, 0) is 15.7 Å². The molecule has 0 radical (unpaired) electrons. The number of ether oxygens (including phenoxy) is 1. The second-order valence-corrected chi connectivity index (χ2v) is 5.87. The molecule has 1 aliphatic carbocycles. The Bertz CT molecular complexity index is 394. The summed E-state index contributed by atoms with van der Waals surface area (Å²) in [6.07, 6.45) is 3.45. The van der Waals surface area contributed by atoms with Gasteiger partial charge in [-0.1, -0.05) is 38.1 Å². The van der Waals surface area contributed by atoms with Crippen LogP contribution in [0, 0.1) is 0 Å². The molecule has 1 aromatic carbocycles. The molecular formula is C15H23NO. The van der Waals surface area contributed by atoms with E-state index in [-0.39, 0.29) is 11.0 Å². The summed E-state index contributed by atoms with van der Waals surface area (Å²) in [5.74, 6) is 0. The fraction of sp³-hybridized carbons (Fsp3) is 0.600. The second-order valence-electron chi connectivity index (χ2n) is 5.87. The zero-order chi connectivity index (χ0) is 12.5. The zero-order valence-electron chi connectivity index (χ0n) is 11.1. The Hall–Kier alpha value is -0.860. The predicted molar refractivity (Wildman–Crippen MR) is 71.1 cm³/mol. The average molecular weight is 233 g/mol. The molecule has 2 rings (SSSR count). The van der Waals surface area contributed by atoms with Crippen LogP contribution >= 0.6 is 0 Å². The van der Waals surface area contributed by atoms with Crippen LogP contribution in [0.1, 0.15) is 44.2 Å². The van der Waals surface area contributed by atoms with Gasteiger partial charge in [-0.15, -0.1) is 0 Å². The molecule has 0 saturated heterocycles. The molecule has 17 heavy (non-hydrogen) atoms. The van der Waals surface area contributed by atoms with Crippen molar-refractivity contribution in [3.05, 3.63) is 35.4 Å². The maximum Gasteiger partial charge on any atom is 0.0553 e. The standard InChI is InChI=1S/C15H23NO/c1-14(2,11-17-3)12-7-4-5-8-13(12)15(16)9-6-10-15/h4-5,7-8H,6,9-11,16H2,1-3H3. The van der Waals surface area contributed by atoms with Gasteiger partial charge in [0, 0.05) is 18.1 Å². The summed E-state index contributed by atoms with van der Waals surface area (Å²) in [6, 6.07) is 8.57. The minimum Gasteiger partial charge on any atom is -0.384 e. The van der Waals surface area contributed by atoms with Crippen molar-refractivity contribution < 1.29 is 4.74 Å². The van der Waals surface area contributed by atoms with E-state index >= 15 is 0 Å². The molecule has 0 amide bonds. The van der Waals surface area contributed by atoms with Crippen LogP contribution in [0.25, 0.3) is 0 Å². The lowest BCUT2D eigenvalue weighted by Crippen LogP contribution is -2.45. The van der Waals surface area contributed by atoms with Crippen LogP contribution in [-0.4, -0.2) is 13.7 Å². The summed E-state index contributed by atoms with van der Waals surface area (Å²) >= 11 is 0. The van der Waals surface area contributed by atoms with Crippen LogP contribution in [0.15, 0.2) is 24.3 Å². The lowest BCUT2D eigenvalue weighted by atomic mass is 9.68. The number of nitrogens with two attached hydrogens (primary N) is 1. The maximum atomic E-state index is 6.48. The zero-order valence-corrected chi connectivity index (χ0v) is 11.1. The molecule has 0 unspecified atom stereocenters. The topological polar surface area (TPSA) is 35.2 Å². The minimum atomic E-state index is -0.0956. The SMILES string of the molecule is COCC(C)(C)c1ccccc1C1(N)CCC1. The van der Waals surface area contributed by atoms with Gasteiger partial charge >= 0.3 is 0 Å². The first kappa shape index (κ1) is 12.6. The highest BCUT2D eigenvalue weighted by molar-refractivity contribution is 5.39. The van der Waals surface area contributed by atoms with E-state index in [1.54, 1.807) is 7.11 Å². The van der Waals surface area contributed by atoms with Crippen LogP contribution < -0.4 is 5.73 Å². The highest BCUT2D eigenvalue weighted by atomic mass is 16.5. The second kappa shape index (κ2) is 4.43. The molecule has 1 saturated carbocycles. The summed E-state index contributed by atoms with van der Waals surface area (Å²) < 4.78 is 5.34. The van der Waals surface area contributed by atoms with Gasteiger partial charge in [0.05, 0.1) is 6.61 Å². The van der Waals surface area contributed by atoms with Gasteiger partial charge in [0.25, 0.3) is 0 Å². The Morgan fingerprint density at radius 2 is 1.94 bits per heavy atom. The van der Waals surface area contributed by atoms with E-state index in [4.69, 9.17) is 10.5 Å². The summed E-state index contributed by atoms with van der Waals surface area (Å²) in [5, 5.41) is 0. The van der Waals surface area contributed by atoms with Crippen LogP contribution in [0.4, 0.5) is 0 Å². The lowest BCUT2D eigenvalue weighted by Gasteiger charge is -2.42. The summed E-state index contributed by atoms with van der Waals surface area (Å²) in [6.45, 7) is 5.16. The molecule has 0 aliphatic heterocycles. The number of hydrogen-bond acceptors (Lipinski definition) is 2. The van der Waals surface area contributed by atoms with Crippen molar-refractivity contribution in [2.75, 3.05) is 13.7 Å². The summed E-state index contributed by atoms with van der Waals surface area (Å²) in [4.78, 5) is 0. The molecule has 0 bridgehead atoms. The molecule has 1 fully saturated rings. The van der Waals surface area contributed by atoms with Crippen LogP contribution in [0.3, 0.4) is 0 Å². The van der Waals surface area contributed by atoms with Gasteiger partial charge in [-0.25, -0.2) is 0 Å². The van der Waals surface area contributed by atoms with Crippen molar-refractivity contribution in [2.45, 2.75) is 44.1 Å². The highest BCUT2D eigenvalue weighted by Crippen LogP contribution is 2.42. The van der Waals surface area contributed by atoms with Gasteiger partial charge in [-0.3, -0.25) is 0 Å². The van der Waals surface area contributed by atoms with Crippen molar-refractivity contribution in [3.8, 4) is 0 Å². The van der Waals surface area contributed by atoms with Gasteiger partial charge < -0.3 is 10.5 Å². The van der Waals surface area contributed by atoms with E-state index in [1.165, 1.54) is 17.5 Å². The minimum absolute atomic E-state index is 0.0211. The third-order valence-corrected chi connectivity index (χ3v) is 3.94. The third-order valence-electron chi connectivity index (χ3n) is 3.94. The van der Waals surface area contributed by atoms with E-state index in [0.29, 0.717) is 0 Å². The van der Waals surface area contributed by atoms with E-state index in [1.807, 2.05) is 0 Å². The van der Waals surface area contributed by atoms with Gasteiger partial charge in [-0.2, -0.15) is 0 Å². The van der Waals surface area contributed by atoms with Crippen molar-refractivity contribution in [3.63, 3.8) is 0 Å². The number of methoxy groups -OCH3 is 1. The average Bonchev–Trinajstić information content (AvgIpc) is 2.26. The Labute approximate surface area is 104 Å². The highest BCUT2D eigenvalue weighted by Gasteiger charge is 2.38. The number of hydrogen-bond donors (Lipinski definition) is 1. The molecule has 0 spiro atoms. The van der Waals surface area contributed by atoms with Crippen LogP contribution in [0.5, 0.6) is 0 Å². The largest absolute Gasteiger partial charge is 0.384 e. The molecule has 94 valence electrons. The normalized spacial score (nSPS) is 18.8. The van der Waals surface area contributed by atoms with Crippen molar-refractivity contribution >= 4 is 0 Å². The quantitative estimate of drug-likeness (QED) is 0.867. The van der Waals surface area contributed by atoms with E-state index in [0.717, 1.165) is 19.4 Å². The van der Waals surface area contributed by atoms with Crippen molar-refractivity contribution in [1.29, 1.82) is 0 Å². The van der Waals surface area contributed by atoms with Gasteiger partial charge in [0.2, 0.25) is 0 Å². The van der Waals surface area contributed by atoms with E-state index in [2.05, 4.69) is 38.1 Å². The van der Waals surface area contributed by atoms with E-state index < -0.39 is 0 Å². The molecule has 2 heteroatoms. The van der Waals surface area contributed by atoms with Gasteiger partial charge in [0.1, 0.15) is 0 Å². The molecule has 0 atom stereocenters. The molecule has 2 N–H and O–H groups in total. The Kier molecular flexibility index (Phi) is 3.28. The van der Waals surface area contributed by atoms with E-state index in [9.17, 15) is 0 Å². The Morgan fingerprint density at radius 1 is 1.29 bits per heavy atom. The maximum absolute atomic E-state index is 6.48. The summed E-state index contributed by atoms with van der Waals surface area (Å²) in [7, 11) is 1.76. The van der Waals surface area contributed by atoms with Crippen molar-refractivity contribution in [1.82, 2.24) is 0 Å². The third kappa shape index (κ3) is 2.24. The summed E-state index contributed by atoms with van der Waals surface area (Å²) in [5.41, 5.74) is 9.05. The fourth-order valence-electron chi connectivity index (χ4n) is 2.77. The van der Waals surface area contributed by atoms with Gasteiger partial charge in [-0.05, 0) is 30.4 Å². The molecule has 0 heterocycles. The molecule has 1 aromatic rings. The van der Waals surface area contributed by atoms with Crippen molar-refractivity contribution in [2.24, 2.45) is 5.73 Å². The van der Waals surface area contributed by atoms with Crippen LogP contribution in [0.2, 0.25) is 0 Å². The number of rotatable bonds is 4. The Balaban J connectivity index is 2.40. The lowest BCUT2D eigenvalue weighted by molar-refractivity contribution is 0.144. The first-order chi connectivity index (χ1) is 7.99. The first-order valence-corrected chi connectivity index (χ1v) is 6.37. The predicted octanol–water partition coefficient (Wildman–Crippen LogP) is 2.95. The molecule has 2 nitrogen and oxygen atoms in total.